The number of hydrogen-bond acceptors (Lipinski definition) is 3. The zero-order valence-corrected chi connectivity index (χ0v) is 20.3. The number of fused-ring (bicyclic) bond motifs is 3. The van der Waals surface area contributed by atoms with Gasteiger partial charge in [0.25, 0.3) is 0 Å². The molecule has 1 heterocycles. The maximum absolute atomic E-state index is 14.2. The average molecular weight is 472 g/mol. The van der Waals surface area contributed by atoms with Gasteiger partial charge in [-0.15, -0.1) is 0 Å². The van der Waals surface area contributed by atoms with E-state index in [0.717, 1.165) is 33.1 Å². The molecule has 0 spiro atoms. The highest BCUT2D eigenvalue weighted by atomic mass is 31.2. The third-order valence-corrected chi connectivity index (χ3v) is 11.2. The highest BCUT2D eigenvalue weighted by molar-refractivity contribution is 7.72. The molecule has 1 aliphatic rings. The van der Waals surface area contributed by atoms with Crippen molar-refractivity contribution >= 4 is 19.8 Å². The molecule has 0 fully saturated rings. The van der Waals surface area contributed by atoms with Gasteiger partial charge in [0.05, 0.1) is 0 Å². The molecular formula is C28H26O3P2. The fourth-order valence-electron chi connectivity index (χ4n) is 4.54. The van der Waals surface area contributed by atoms with Crippen molar-refractivity contribution in [1.82, 2.24) is 0 Å². The smallest absolute Gasteiger partial charge is 0.245 e. The van der Waals surface area contributed by atoms with Gasteiger partial charge in [0.1, 0.15) is 12.9 Å². The highest BCUT2D eigenvalue weighted by Crippen LogP contribution is 2.57. The van der Waals surface area contributed by atoms with E-state index in [0.29, 0.717) is 18.1 Å². The lowest BCUT2D eigenvalue weighted by molar-refractivity contribution is 0.489. The summed E-state index contributed by atoms with van der Waals surface area (Å²) in [5, 5.41) is 0.897. The molecule has 33 heavy (non-hydrogen) atoms. The van der Waals surface area contributed by atoms with E-state index in [4.69, 9.17) is 4.52 Å². The van der Waals surface area contributed by atoms with Crippen LogP contribution in [0.15, 0.2) is 103 Å². The molecule has 0 saturated carbocycles. The Labute approximate surface area is 195 Å². The second-order valence-corrected chi connectivity index (χ2v) is 14.3. The Morgan fingerprint density at radius 3 is 2.15 bits per heavy atom. The first-order chi connectivity index (χ1) is 16.0. The molecule has 0 aliphatic carbocycles. The normalized spacial score (nSPS) is 18.6. The maximum atomic E-state index is 14.2. The van der Waals surface area contributed by atoms with Crippen LogP contribution < -0.4 is 9.83 Å². The topological polar surface area (TPSA) is 43.4 Å². The molecule has 0 amide bonds. The Morgan fingerprint density at radius 1 is 0.758 bits per heavy atom. The molecule has 0 N–H and O–H groups in total. The highest BCUT2D eigenvalue weighted by Gasteiger charge is 2.35. The predicted octanol–water partition coefficient (Wildman–Crippen LogP) is 7.51. The summed E-state index contributed by atoms with van der Waals surface area (Å²) in [6, 6.07) is 33.7. The van der Waals surface area contributed by atoms with Crippen molar-refractivity contribution in [2.45, 2.75) is 6.16 Å². The standard InChI is InChI=1S/C28H26O3P2/c1-32(29,31-27-17-9-7-15-25(27)22-11-3-2-4-12-22)19-20-33(30)21-23-13-5-6-14-24(23)26-16-8-10-18-28(26)33/h2-18H,19-21H2,1H3/t32?,33-/m1/s1. The number of benzene rings is 4. The average Bonchev–Trinajstić information content (AvgIpc) is 2.84. The van der Waals surface area contributed by atoms with Gasteiger partial charge in [0.15, 0.2) is 0 Å². The lowest BCUT2D eigenvalue weighted by Gasteiger charge is -2.29. The van der Waals surface area contributed by atoms with Crippen LogP contribution in [0.1, 0.15) is 5.56 Å². The van der Waals surface area contributed by atoms with E-state index in [1.807, 2.05) is 91.0 Å². The van der Waals surface area contributed by atoms with Crippen LogP contribution in [0.2, 0.25) is 0 Å². The first kappa shape index (κ1) is 22.0. The van der Waals surface area contributed by atoms with Gasteiger partial charge in [-0.25, -0.2) is 0 Å². The summed E-state index contributed by atoms with van der Waals surface area (Å²) >= 11 is 0. The number of para-hydroxylation sites is 1. The molecule has 0 bridgehead atoms. The molecular weight excluding hydrogens is 446 g/mol. The first-order valence-electron chi connectivity index (χ1n) is 11.1. The van der Waals surface area contributed by atoms with Gasteiger partial charge in [0, 0.05) is 36.0 Å². The Morgan fingerprint density at radius 2 is 1.36 bits per heavy atom. The van der Waals surface area contributed by atoms with Crippen molar-refractivity contribution in [3.8, 4) is 28.0 Å². The van der Waals surface area contributed by atoms with E-state index in [2.05, 4.69) is 12.1 Å². The zero-order valence-electron chi connectivity index (χ0n) is 18.6. The van der Waals surface area contributed by atoms with Crippen LogP contribution in [-0.2, 0) is 15.3 Å². The van der Waals surface area contributed by atoms with Crippen LogP contribution in [0.4, 0.5) is 0 Å². The maximum Gasteiger partial charge on any atom is 0.245 e. The van der Waals surface area contributed by atoms with Crippen LogP contribution >= 0.6 is 14.5 Å². The summed E-state index contributed by atoms with van der Waals surface area (Å²) < 4.78 is 33.9. The molecule has 1 unspecified atom stereocenters. The van der Waals surface area contributed by atoms with Gasteiger partial charge in [-0.05, 0) is 28.3 Å². The Bertz CT molecular complexity index is 1400. The lowest BCUT2D eigenvalue weighted by atomic mass is 10.0. The molecule has 166 valence electrons. The molecule has 5 heteroatoms. The SMILES string of the molecule is CP(=O)(CC[P@@]1(=O)Cc2ccccc2-c2ccccc21)Oc1ccccc1-c1ccccc1. The molecule has 0 aromatic heterocycles. The van der Waals surface area contributed by atoms with E-state index in [9.17, 15) is 9.13 Å². The van der Waals surface area contributed by atoms with Crippen molar-refractivity contribution in [2.24, 2.45) is 0 Å². The predicted molar refractivity (Wildman–Crippen MR) is 139 cm³/mol. The van der Waals surface area contributed by atoms with Gasteiger partial charge in [-0.3, -0.25) is 4.57 Å². The van der Waals surface area contributed by atoms with E-state index in [-0.39, 0.29) is 6.16 Å². The summed E-state index contributed by atoms with van der Waals surface area (Å²) in [6.45, 7) is 1.66. The minimum atomic E-state index is -3.04. The molecule has 5 rings (SSSR count). The van der Waals surface area contributed by atoms with Gasteiger partial charge in [0.2, 0.25) is 7.37 Å². The quantitative estimate of drug-likeness (QED) is 0.273. The molecule has 4 aromatic carbocycles. The molecule has 3 nitrogen and oxygen atoms in total. The Hall–Kier alpha value is -2.86. The minimum Gasteiger partial charge on any atom is -0.442 e. The largest absolute Gasteiger partial charge is 0.442 e. The third-order valence-electron chi connectivity index (χ3n) is 6.21. The van der Waals surface area contributed by atoms with Gasteiger partial charge in [-0.1, -0.05) is 97.1 Å². The van der Waals surface area contributed by atoms with Crippen molar-refractivity contribution in [3.63, 3.8) is 0 Å². The van der Waals surface area contributed by atoms with Crippen molar-refractivity contribution in [2.75, 3.05) is 19.0 Å². The van der Waals surface area contributed by atoms with Crippen LogP contribution in [0.3, 0.4) is 0 Å². The lowest BCUT2D eigenvalue weighted by Crippen LogP contribution is -2.19. The van der Waals surface area contributed by atoms with Crippen molar-refractivity contribution < 1.29 is 13.7 Å². The van der Waals surface area contributed by atoms with Crippen LogP contribution in [0, 0.1) is 0 Å². The second kappa shape index (κ2) is 8.82. The van der Waals surface area contributed by atoms with Gasteiger partial charge in [-0.2, -0.15) is 0 Å². The fraction of sp³-hybridized carbons (Fsp3) is 0.143. The summed E-state index contributed by atoms with van der Waals surface area (Å²) in [5.74, 6) is 0.599. The van der Waals surface area contributed by atoms with Crippen LogP contribution in [-0.4, -0.2) is 19.0 Å². The summed E-state index contributed by atoms with van der Waals surface area (Å²) in [6.07, 6.45) is 1.13. The van der Waals surface area contributed by atoms with Crippen LogP contribution in [0.5, 0.6) is 5.75 Å². The monoisotopic (exact) mass is 472 g/mol. The number of hydrogen-bond donors (Lipinski definition) is 0. The van der Waals surface area contributed by atoms with Gasteiger partial charge >= 0.3 is 0 Å². The number of rotatable bonds is 6. The van der Waals surface area contributed by atoms with E-state index in [1.54, 1.807) is 6.66 Å². The first-order valence-corrected chi connectivity index (χ1v) is 15.5. The van der Waals surface area contributed by atoms with E-state index >= 15 is 0 Å². The summed E-state index contributed by atoms with van der Waals surface area (Å²) in [7, 11) is -5.80. The fourth-order valence-corrected chi connectivity index (χ4v) is 10.3. The third kappa shape index (κ3) is 4.49. The van der Waals surface area contributed by atoms with Crippen LogP contribution in [0.25, 0.3) is 22.3 Å². The van der Waals surface area contributed by atoms with E-state index < -0.39 is 14.5 Å². The summed E-state index contributed by atoms with van der Waals surface area (Å²) in [4.78, 5) is 0. The molecule has 1 aliphatic heterocycles. The second-order valence-electron chi connectivity index (χ2n) is 8.64. The minimum absolute atomic E-state index is 0.268. The Kier molecular flexibility index (Phi) is 5.87. The summed E-state index contributed by atoms with van der Waals surface area (Å²) in [5.41, 5.74) is 5.19. The molecule has 0 radical (unpaired) electrons. The van der Waals surface area contributed by atoms with Crippen molar-refractivity contribution in [1.29, 1.82) is 0 Å². The van der Waals surface area contributed by atoms with Crippen molar-refractivity contribution in [3.05, 3.63) is 109 Å². The molecule has 0 saturated heterocycles. The zero-order chi connectivity index (χ0) is 22.9. The van der Waals surface area contributed by atoms with Gasteiger partial charge < -0.3 is 9.09 Å². The van der Waals surface area contributed by atoms with E-state index in [1.165, 1.54) is 0 Å². The molecule has 2 atom stereocenters. The Balaban J connectivity index is 1.40. The molecule has 4 aromatic rings.